The van der Waals surface area contributed by atoms with Crippen LogP contribution in [0.3, 0.4) is 0 Å². The summed E-state index contributed by atoms with van der Waals surface area (Å²) in [6, 6.07) is 67.9. The van der Waals surface area contributed by atoms with Crippen LogP contribution >= 0.6 is 0 Å². The predicted molar refractivity (Wildman–Crippen MR) is 304 cm³/mol. The van der Waals surface area contributed by atoms with E-state index in [0.717, 1.165) is 71.1 Å². The minimum Gasteiger partial charge on any atom is -0.363 e. The second-order valence-corrected chi connectivity index (χ2v) is 19.7. The molecule has 0 amide bonds. The van der Waals surface area contributed by atoms with Crippen LogP contribution in [0.4, 0.5) is 0 Å². The zero-order valence-corrected chi connectivity index (χ0v) is 42.0. The summed E-state index contributed by atoms with van der Waals surface area (Å²) in [4.78, 5) is 5.42. The highest BCUT2D eigenvalue weighted by Gasteiger charge is 2.27. The first-order valence-electron chi connectivity index (χ1n) is 25.9. The van der Waals surface area contributed by atoms with Crippen LogP contribution in [0.2, 0.25) is 0 Å². The first kappa shape index (κ1) is 43.7. The summed E-state index contributed by atoms with van der Waals surface area (Å²) in [5, 5.41) is 11.6. The molecule has 4 aromatic heterocycles. The Labute approximate surface area is 420 Å². The van der Waals surface area contributed by atoms with E-state index in [-0.39, 0.29) is 6.04 Å². The van der Waals surface area contributed by atoms with Gasteiger partial charge in [-0.2, -0.15) is 0 Å². The average molecular weight is 935 g/mol. The fraction of sp³-hybridized carbons (Fsp3) is 0.167. The van der Waals surface area contributed by atoms with Gasteiger partial charge in [0, 0.05) is 71.9 Å². The maximum absolute atomic E-state index is 5.42. The summed E-state index contributed by atoms with van der Waals surface area (Å²) in [5.74, 6) is 0.877. The monoisotopic (exact) mass is 934 g/mol. The Kier molecular flexibility index (Phi) is 10.4. The van der Waals surface area contributed by atoms with Crippen LogP contribution in [0, 0.1) is 0 Å². The zero-order chi connectivity index (χ0) is 48.8. The number of hydrogen-bond donors (Lipinski definition) is 1. The van der Waals surface area contributed by atoms with Crippen molar-refractivity contribution >= 4 is 77.1 Å². The Bertz CT molecular complexity index is 4190. The van der Waals surface area contributed by atoms with Gasteiger partial charge in [-0.25, -0.2) is 4.99 Å². The number of nitrogens with zero attached hydrogens (tertiary/aromatic N) is 5. The van der Waals surface area contributed by atoms with Crippen molar-refractivity contribution in [3.63, 3.8) is 0 Å². The molecule has 0 saturated heterocycles. The average Bonchev–Trinajstić information content (AvgIpc) is 4.14. The van der Waals surface area contributed by atoms with Gasteiger partial charge in [0.05, 0.1) is 28.1 Å². The molecule has 352 valence electrons. The second-order valence-electron chi connectivity index (χ2n) is 19.7. The highest BCUT2D eigenvalue weighted by atomic mass is 15.2. The molecule has 0 aliphatic carbocycles. The SMILES string of the molecule is CCc1ccc2c(c1)c1c3cc(CC)ccc3n(-c3cccc(C4=NC(C)=C(c5cccc(-n6c7ccc(CC)cc7c7c8cc(CC)ccc8n(-c8ccccc8)c76)c5)C(C)N4)c3)c1n2-c1ccccc1. The number of rotatable bonds is 10. The van der Waals surface area contributed by atoms with Crippen LogP contribution in [-0.4, -0.2) is 30.1 Å². The molecule has 12 aromatic rings. The van der Waals surface area contributed by atoms with E-state index in [4.69, 9.17) is 4.99 Å². The van der Waals surface area contributed by atoms with Crippen molar-refractivity contribution in [3.8, 4) is 22.7 Å². The van der Waals surface area contributed by atoms with Gasteiger partial charge in [-0.3, -0.25) is 18.3 Å². The van der Waals surface area contributed by atoms with Crippen molar-refractivity contribution in [3.05, 3.63) is 221 Å². The van der Waals surface area contributed by atoms with Gasteiger partial charge < -0.3 is 5.32 Å². The number of fused-ring (bicyclic) bond motifs is 10. The number of para-hydroxylation sites is 2. The van der Waals surface area contributed by atoms with Gasteiger partial charge in [0.25, 0.3) is 0 Å². The van der Waals surface area contributed by atoms with E-state index in [1.807, 2.05) is 0 Å². The van der Waals surface area contributed by atoms with Gasteiger partial charge in [-0.05, 0) is 164 Å². The summed E-state index contributed by atoms with van der Waals surface area (Å²) in [5.41, 5.74) is 21.5. The number of hydrogen-bond acceptors (Lipinski definition) is 2. The lowest BCUT2D eigenvalue weighted by molar-refractivity contribution is 0.798. The van der Waals surface area contributed by atoms with Crippen LogP contribution in [0.1, 0.15) is 74.9 Å². The first-order valence-corrected chi connectivity index (χ1v) is 25.9. The van der Waals surface area contributed by atoms with Crippen molar-refractivity contribution < 1.29 is 0 Å². The van der Waals surface area contributed by atoms with E-state index in [0.29, 0.717) is 0 Å². The fourth-order valence-corrected chi connectivity index (χ4v) is 11.9. The standard InChI is InChI=1S/C66H58N6/c1-7-43-27-31-57-53(35-43)62-55-37-45(9-3)29-33-59(55)71(65(62)69(57)49-21-13-11-14-22-49)51-25-17-19-47(39-51)61-41(5)67-64(68-42(61)6)48-20-18-26-52(40-48)72-60-34-30-46(10-4)38-56(60)63-54-36-44(8-2)28-32-58(54)70(66(63)72)50-23-15-12-16-24-50/h11-41H,7-10H2,1-6H3,(H,67,68). The molecular formula is C66H58N6. The lowest BCUT2D eigenvalue weighted by Gasteiger charge is -2.27. The summed E-state index contributed by atoms with van der Waals surface area (Å²) < 4.78 is 9.90. The quantitative estimate of drug-likeness (QED) is 0.146. The summed E-state index contributed by atoms with van der Waals surface area (Å²) in [6.07, 6.45) is 3.93. The number of benzene rings is 8. The number of nitrogens with one attached hydrogen (secondary N) is 1. The third-order valence-electron chi connectivity index (χ3n) is 15.5. The highest BCUT2D eigenvalue weighted by molar-refractivity contribution is 6.24. The largest absolute Gasteiger partial charge is 0.363 e. The van der Waals surface area contributed by atoms with Crippen molar-refractivity contribution in [1.82, 2.24) is 23.6 Å². The third-order valence-corrected chi connectivity index (χ3v) is 15.5. The van der Waals surface area contributed by atoms with E-state index in [1.54, 1.807) is 0 Å². The molecule has 0 saturated carbocycles. The first-order chi connectivity index (χ1) is 35.3. The summed E-state index contributed by atoms with van der Waals surface area (Å²) in [6.45, 7) is 13.4. The Morgan fingerprint density at radius 1 is 0.403 bits per heavy atom. The molecule has 5 heterocycles. The van der Waals surface area contributed by atoms with Gasteiger partial charge in [-0.15, -0.1) is 0 Å². The highest BCUT2D eigenvalue weighted by Crippen LogP contribution is 2.44. The van der Waals surface area contributed by atoms with Crippen molar-refractivity contribution in [1.29, 1.82) is 0 Å². The van der Waals surface area contributed by atoms with Gasteiger partial charge in [0.15, 0.2) is 0 Å². The Balaban J connectivity index is 0.966. The van der Waals surface area contributed by atoms with E-state index in [9.17, 15) is 0 Å². The normalized spacial score (nSPS) is 14.2. The molecule has 0 radical (unpaired) electrons. The molecule has 0 fully saturated rings. The molecule has 0 bridgehead atoms. The van der Waals surface area contributed by atoms with E-state index in [1.165, 1.54) is 93.5 Å². The Hall–Kier alpha value is -8.35. The smallest absolute Gasteiger partial charge is 0.134 e. The minimum absolute atomic E-state index is 0.00636. The van der Waals surface area contributed by atoms with Crippen LogP contribution in [-0.2, 0) is 25.7 Å². The summed E-state index contributed by atoms with van der Waals surface area (Å²) >= 11 is 0. The lowest BCUT2D eigenvalue weighted by Crippen LogP contribution is -2.37. The molecule has 72 heavy (non-hydrogen) atoms. The number of aryl methyl sites for hydroxylation is 4. The van der Waals surface area contributed by atoms with Crippen molar-refractivity contribution in [2.75, 3.05) is 0 Å². The molecule has 6 heteroatoms. The zero-order valence-electron chi connectivity index (χ0n) is 42.0. The molecule has 13 rings (SSSR count). The van der Waals surface area contributed by atoms with Gasteiger partial charge in [0.1, 0.15) is 17.1 Å². The molecule has 0 spiro atoms. The third kappa shape index (κ3) is 6.72. The van der Waals surface area contributed by atoms with Crippen LogP contribution in [0.25, 0.3) is 94.0 Å². The maximum Gasteiger partial charge on any atom is 0.134 e. The molecule has 1 unspecified atom stereocenters. The lowest BCUT2D eigenvalue weighted by atomic mass is 9.95. The number of aliphatic imine (C=N–C) groups is 1. The fourth-order valence-electron chi connectivity index (χ4n) is 11.9. The molecule has 6 nitrogen and oxygen atoms in total. The molecule has 8 aromatic carbocycles. The van der Waals surface area contributed by atoms with Crippen molar-refractivity contribution in [2.24, 2.45) is 4.99 Å². The summed E-state index contributed by atoms with van der Waals surface area (Å²) in [7, 11) is 0. The van der Waals surface area contributed by atoms with E-state index < -0.39 is 0 Å². The topological polar surface area (TPSA) is 44.1 Å². The van der Waals surface area contributed by atoms with Crippen molar-refractivity contribution in [2.45, 2.75) is 73.3 Å². The van der Waals surface area contributed by atoms with E-state index >= 15 is 0 Å². The Morgan fingerprint density at radius 3 is 1.15 bits per heavy atom. The maximum atomic E-state index is 5.42. The number of aromatic nitrogens is 4. The van der Waals surface area contributed by atoms with Gasteiger partial charge >= 0.3 is 0 Å². The number of allylic oxidation sites excluding steroid dienone is 1. The second kappa shape index (κ2) is 17.2. The molecule has 1 aliphatic heterocycles. The van der Waals surface area contributed by atoms with Gasteiger partial charge in [0.2, 0.25) is 0 Å². The van der Waals surface area contributed by atoms with E-state index in [2.05, 4.69) is 247 Å². The van der Waals surface area contributed by atoms with Gasteiger partial charge in [-0.1, -0.05) is 113 Å². The van der Waals surface area contributed by atoms with Crippen LogP contribution < -0.4 is 5.32 Å². The van der Waals surface area contributed by atoms with Crippen LogP contribution in [0.5, 0.6) is 0 Å². The molecule has 1 atom stereocenters. The molecular weight excluding hydrogens is 877 g/mol. The minimum atomic E-state index is -0.00636. The predicted octanol–water partition coefficient (Wildman–Crippen LogP) is 16.2. The van der Waals surface area contributed by atoms with Crippen LogP contribution in [0.15, 0.2) is 193 Å². The Morgan fingerprint density at radius 2 is 0.764 bits per heavy atom. The number of amidine groups is 1. The molecule has 1 aliphatic rings. The molecule has 1 N–H and O–H groups in total.